The van der Waals surface area contributed by atoms with Crippen LogP contribution in [-0.2, 0) is 0 Å². The van der Waals surface area contributed by atoms with Gasteiger partial charge in [0, 0.05) is 17.9 Å². The molecule has 0 fully saturated rings. The summed E-state index contributed by atoms with van der Waals surface area (Å²) in [5.41, 5.74) is 8.62. The quantitative estimate of drug-likeness (QED) is 0.311. The molecule has 1 aliphatic rings. The van der Waals surface area contributed by atoms with Crippen molar-refractivity contribution in [1.82, 2.24) is 9.97 Å². The summed E-state index contributed by atoms with van der Waals surface area (Å²) in [7, 11) is 0. The van der Waals surface area contributed by atoms with Crippen LogP contribution in [-0.4, -0.2) is 33.6 Å². The van der Waals surface area contributed by atoms with Crippen molar-refractivity contribution in [3.05, 3.63) is 29.4 Å². The van der Waals surface area contributed by atoms with Gasteiger partial charge in [-0.05, 0) is 30.7 Å². The molecule has 1 aliphatic heterocycles. The van der Waals surface area contributed by atoms with E-state index < -0.39 is 0 Å². The highest BCUT2D eigenvalue weighted by atomic mass is 32.2. The van der Waals surface area contributed by atoms with E-state index in [9.17, 15) is 0 Å². The lowest BCUT2D eigenvalue weighted by molar-refractivity contribution is -0.372. The molecule has 0 aromatic carbocycles. The van der Waals surface area contributed by atoms with Crippen LogP contribution in [0.15, 0.2) is 23.2 Å². The van der Waals surface area contributed by atoms with E-state index >= 15 is 0 Å². The molecule has 0 aliphatic carbocycles. The molecule has 0 spiro atoms. The van der Waals surface area contributed by atoms with Gasteiger partial charge in [-0.15, -0.1) is 0 Å². The summed E-state index contributed by atoms with van der Waals surface area (Å²) in [4.78, 5) is 11.4. The van der Waals surface area contributed by atoms with Gasteiger partial charge >= 0.3 is 5.17 Å². The zero-order valence-corrected chi connectivity index (χ0v) is 12.1. The van der Waals surface area contributed by atoms with Crippen molar-refractivity contribution in [2.75, 3.05) is 17.6 Å². The highest BCUT2D eigenvalue weighted by Gasteiger charge is 2.10. The summed E-state index contributed by atoms with van der Waals surface area (Å²) in [6, 6.07) is 0. The van der Waals surface area contributed by atoms with Crippen LogP contribution >= 0.6 is 11.8 Å². The van der Waals surface area contributed by atoms with Crippen molar-refractivity contribution >= 4 is 29.0 Å². The van der Waals surface area contributed by atoms with Gasteiger partial charge < -0.3 is 11.2 Å². The van der Waals surface area contributed by atoms with Gasteiger partial charge in [-0.1, -0.05) is 0 Å². The average molecular weight is 292 g/mol. The molecular formula is C12H18N7S+. The molecular weight excluding hydrogens is 274 g/mol. The average Bonchev–Trinajstić information content (AvgIpc) is 2.45. The zero-order chi connectivity index (χ0) is 14.4. The number of amidine groups is 1. The van der Waals surface area contributed by atoms with Gasteiger partial charge in [0.1, 0.15) is 12.1 Å². The van der Waals surface area contributed by atoms with Crippen molar-refractivity contribution in [3.63, 3.8) is 0 Å². The number of anilines is 1. The predicted molar refractivity (Wildman–Crippen MR) is 82.4 cm³/mol. The van der Waals surface area contributed by atoms with E-state index in [4.69, 9.17) is 11.6 Å². The minimum absolute atomic E-state index is 0.724. The third-order valence-corrected chi connectivity index (χ3v) is 3.83. The third kappa shape index (κ3) is 3.70. The van der Waals surface area contributed by atoms with Crippen molar-refractivity contribution in [3.8, 4) is 0 Å². The maximum absolute atomic E-state index is 5.65. The Hall–Kier alpha value is -2.09. The topological polar surface area (TPSA) is 116 Å². The van der Waals surface area contributed by atoms with E-state index in [0.29, 0.717) is 0 Å². The minimum atomic E-state index is 0.724. The number of aromatic nitrogens is 2. The largest absolute Gasteiger partial charge is 0.369 e. The van der Waals surface area contributed by atoms with E-state index in [1.54, 1.807) is 11.8 Å². The molecule has 0 saturated heterocycles. The number of hydrogen-bond acceptors (Lipinski definition) is 7. The SMILES string of the molecule is Cc1c(C=NN)ncnc1NCCC1=C[NH+]=C(N)SC1. The standard InChI is InChI=1S/C12H17N7S/c1-8-10(5-19-14)17-7-18-11(8)15-3-2-9-4-16-12(13)20-6-9/h4-5,7H,2-3,6,14H2,1H3,(H2,13,16)(H,15,17,18)/p+1. The number of rotatable bonds is 5. The Morgan fingerprint density at radius 2 is 2.40 bits per heavy atom. The van der Waals surface area contributed by atoms with Crippen LogP contribution in [0.25, 0.3) is 0 Å². The van der Waals surface area contributed by atoms with Crippen LogP contribution in [0.1, 0.15) is 17.7 Å². The summed E-state index contributed by atoms with van der Waals surface area (Å²) in [6.45, 7) is 2.73. The molecule has 6 N–H and O–H groups in total. The van der Waals surface area contributed by atoms with Gasteiger partial charge in [-0.3, -0.25) is 5.73 Å². The summed E-state index contributed by atoms with van der Waals surface area (Å²) >= 11 is 1.61. The summed E-state index contributed by atoms with van der Waals surface area (Å²) in [5, 5.41) is 7.54. The molecule has 0 saturated carbocycles. The van der Waals surface area contributed by atoms with Crippen LogP contribution in [0.5, 0.6) is 0 Å². The molecule has 0 amide bonds. The first-order valence-electron chi connectivity index (χ1n) is 6.19. The lowest BCUT2D eigenvalue weighted by atomic mass is 10.2. The molecule has 7 nitrogen and oxygen atoms in total. The predicted octanol–water partition coefficient (Wildman–Crippen LogP) is -1.09. The van der Waals surface area contributed by atoms with E-state index in [-0.39, 0.29) is 0 Å². The van der Waals surface area contributed by atoms with Gasteiger partial charge in [0.2, 0.25) is 0 Å². The smallest absolute Gasteiger partial charge is 0.306 e. The number of nitrogens with one attached hydrogen (secondary N) is 2. The Bertz CT molecular complexity index is 565. The van der Waals surface area contributed by atoms with Crippen LogP contribution < -0.4 is 21.9 Å². The van der Waals surface area contributed by atoms with Crippen molar-refractivity contribution in [2.24, 2.45) is 16.7 Å². The lowest BCUT2D eigenvalue weighted by Crippen LogP contribution is -2.69. The normalized spacial score (nSPS) is 15.1. The Labute approximate surface area is 121 Å². The van der Waals surface area contributed by atoms with E-state index in [1.807, 2.05) is 13.1 Å². The van der Waals surface area contributed by atoms with Crippen LogP contribution in [0, 0.1) is 6.92 Å². The highest BCUT2D eigenvalue weighted by molar-refractivity contribution is 8.13. The number of nitrogens with two attached hydrogens (primary N) is 2. The Kier molecular flexibility index (Phi) is 4.94. The highest BCUT2D eigenvalue weighted by Crippen LogP contribution is 2.14. The van der Waals surface area contributed by atoms with Gasteiger partial charge in [-0.2, -0.15) is 5.10 Å². The van der Waals surface area contributed by atoms with E-state index in [1.165, 1.54) is 18.1 Å². The van der Waals surface area contributed by atoms with Crippen molar-refractivity contribution in [2.45, 2.75) is 13.3 Å². The molecule has 2 heterocycles. The van der Waals surface area contributed by atoms with Crippen LogP contribution in [0.4, 0.5) is 5.82 Å². The third-order valence-electron chi connectivity index (χ3n) is 2.89. The monoisotopic (exact) mass is 292 g/mol. The molecule has 0 atom stereocenters. The van der Waals surface area contributed by atoms with Gasteiger partial charge in [0.25, 0.3) is 0 Å². The van der Waals surface area contributed by atoms with E-state index in [0.717, 1.165) is 41.0 Å². The van der Waals surface area contributed by atoms with Gasteiger partial charge in [-0.25, -0.2) is 15.0 Å². The molecule has 0 radical (unpaired) electrons. The second-order valence-corrected chi connectivity index (χ2v) is 5.30. The fraction of sp³-hybridized carbons (Fsp3) is 0.333. The first kappa shape index (κ1) is 14.3. The zero-order valence-electron chi connectivity index (χ0n) is 11.3. The van der Waals surface area contributed by atoms with Crippen molar-refractivity contribution < 1.29 is 4.99 Å². The number of nitrogens with zero attached hydrogens (tertiary/aromatic N) is 3. The molecule has 20 heavy (non-hydrogen) atoms. The number of thioether (sulfide) groups is 1. The summed E-state index contributed by atoms with van der Waals surface area (Å²) < 4.78 is 0. The van der Waals surface area contributed by atoms with Crippen LogP contribution in [0.2, 0.25) is 0 Å². The Morgan fingerprint density at radius 1 is 1.55 bits per heavy atom. The molecule has 8 heteroatoms. The second kappa shape index (κ2) is 6.90. The molecule has 1 aromatic heterocycles. The maximum atomic E-state index is 5.65. The minimum Gasteiger partial charge on any atom is -0.369 e. The van der Waals surface area contributed by atoms with E-state index in [2.05, 4.69) is 25.4 Å². The Morgan fingerprint density at radius 3 is 3.10 bits per heavy atom. The van der Waals surface area contributed by atoms with Gasteiger partial charge in [0.05, 0.1) is 18.1 Å². The van der Waals surface area contributed by atoms with Gasteiger partial charge in [0.15, 0.2) is 0 Å². The Balaban J connectivity index is 1.93. The second-order valence-electron chi connectivity index (χ2n) is 4.29. The lowest BCUT2D eigenvalue weighted by Gasteiger charge is -2.11. The van der Waals surface area contributed by atoms with Crippen molar-refractivity contribution in [1.29, 1.82) is 0 Å². The molecule has 0 unspecified atom stereocenters. The number of hydrogen-bond donors (Lipinski definition) is 4. The summed E-state index contributed by atoms with van der Waals surface area (Å²) in [5.74, 6) is 6.88. The number of hydrazone groups is 1. The summed E-state index contributed by atoms with van der Waals surface area (Å²) in [6.07, 6.45) is 5.91. The molecule has 1 aromatic rings. The fourth-order valence-corrected chi connectivity index (χ4v) is 2.47. The molecule has 0 bridgehead atoms. The fourth-order valence-electron chi connectivity index (χ4n) is 1.76. The first-order valence-corrected chi connectivity index (χ1v) is 7.17. The molecule has 106 valence electrons. The molecule has 2 rings (SSSR count). The first-order chi connectivity index (χ1) is 9.70. The maximum Gasteiger partial charge on any atom is 0.306 e. The van der Waals surface area contributed by atoms with Crippen LogP contribution in [0.3, 0.4) is 0 Å².